The molecule has 0 unspecified atom stereocenters. The number of thiazole rings is 1. The predicted octanol–water partition coefficient (Wildman–Crippen LogP) is 1.54. The van der Waals surface area contributed by atoms with Crippen molar-refractivity contribution in [1.29, 1.82) is 0 Å². The topological polar surface area (TPSA) is 71.8 Å². The highest BCUT2D eigenvalue weighted by Gasteiger charge is 2.08. The molecule has 0 fully saturated rings. The van der Waals surface area contributed by atoms with E-state index in [1.807, 2.05) is 30.0 Å². The molecule has 6 nitrogen and oxygen atoms in total. The number of nitrogens with one attached hydrogen (secondary N) is 2. The highest BCUT2D eigenvalue weighted by atomic mass is 32.1. The van der Waals surface area contributed by atoms with E-state index in [0.717, 1.165) is 10.7 Å². The molecule has 0 spiro atoms. The zero-order valence-corrected chi connectivity index (χ0v) is 11.8. The number of hydrogen-bond acceptors (Lipinski definition) is 4. The van der Waals surface area contributed by atoms with E-state index in [9.17, 15) is 4.79 Å². The molecule has 2 rings (SSSR count). The van der Waals surface area contributed by atoms with Gasteiger partial charge in [0.2, 0.25) is 0 Å². The summed E-state index contributed by atoms with van der Waals surface area (Å²) in [6.07, 6.45) is 5.32. The van der Waals surface area contributed by atoms with Crippen LogP contribution in [0.25, 0.3) is 0 Å². The Morgan fingerprint density at radius 3 is 3.05 bits per heavy atom. The molecule has 0 bridgehead atoms. The molecule has 2 amide bonds. The standard InChI is InChI=1S/C12H17N5OS/c1-9(6-17-4-3-13-8-17)16-12(18)14-5-11-15-10(2)7-19-11/h3-4,7-9H,5-6H2,1-2H3,(H2,14,16,18)/t9-/m0/s1. The maximum atomic E-state index is 11.7. The molecule has 2 aromatic rings. The third-order valence-electron chi connectivity index (χ3n) is 2.49. The molecule has 7 heteroatoms. The molecular formula is C12H17N5OS. The van der Waals surface area contributed by atoms with E-state index in [0.29, 0.717) is 13.1 Å². The Labute approximate surface area is 115 Å². The van der Waals surface area contributed by atoms with Crippen LogP contribution >= 0.6 is 11.3 Å². The quantitative estimate of drug-likeness (QED) is 0.872. The van der Waals surface area contributed by atoms with Crippen LogP contribution in [0.2, 0.25) is 0 Å². The summed E-state index contributed by atoms with van der Waals surface area (Å²) in [6.45, 7) is 5.05. The molecule has 0 aliphatic rings. The van der Waals surface area contributed by atoms with Crippen LogP contribution in [0.5, 0.6) is 0 Å². The van der Waals surface area contributed by atoms with Gasteiger partial charge in [0.15, 0.2) is 0 Å². The highest BCUT2D eigenvalue weighted by Crippen LogP contribution is 2.07. The Balaban J connectivity index is 1.71. The number of aryl methyl sites for hydroxylation is 1. The van der Waals surface area contributed by atoms with Gasteiger partial charge in [-0.2, -0.15) is 0 Å². The summed E-state index contributed by atoms with van der Waals surface area (Å²) in [4.78, 5) is 19.9. The van der Waals surface area contributed by atoms with Crippen molar-refractivity contribution in [2.45, 2.75) is 33.0 Å². The second-order valence-electron chi connectivity index (χ2n) is 4.37. The zero-order valence-electron chi connectivity index (χ0n) is 11.0. The van der Waals surface area contributed by atoms with Crippen molar-refractivity contribution in [3.8, 4) is 0 Å². The van der Waals surface area contributed by atoms with Crippen LogP contribution in [0.3, 0.4) is 0 Å². The third-order valence-corrected chi connectivity index (χ3v) is 3.45. The highest BCUT2D eigenvalue weighted by molar-refractivity contribution is 7.09. The first kappa shape index (κ1) is 13.5. The molecule has 19 heavy (non-hydrogen) atoms. The molecule has 0 saturated heterocycles. The maximum absolute atomic E-state index is 11.7. The van der Waals surface area contributed by atoms with Gasteiger partial charge < -0.3 is 15.2 Å². The van der Waals surface area contributed by atoms with Crippen LogP contribution in [-0.4, -0.2) is 26.6 Å². The van der Waals surface area contributed by atoms with Crippen molar-refractivity contribution < 1.29 is 4.79 Å². The number of urea groups is 1. The summed E-state index contributed by atoms with van der Waals surface area (Å²) in [7, 11) is 0. The van der Waals surface area contributed by atoms with Crippen LogP contribution in [0.1, 0.15) is 17.6 Å². The van der Waals surface area contributed by atoms with E-state index in [4.69, 9.17) is 0 Å². The monoisotopic (exact) mass is 279 g/mol. The molecule has 0 aliphatic heterocycles. The summed E-state index contributed by atoms with van der Waals surface area (Å²) in [5, 5.41) is 8.55. The van der Waals surface area contributed by atoms with Crippen molar-refractivity contribution in [1.82, 2.24) is 25.2 Å². The zero-order chi connectivity index (χ0) is 13.7. The molecular weight excluding hydrogens is 262 g/mol. The Morgan fingerprint density at radius 2 is 2.42 bits per heavy atom. The Bertz CT molecular complexity index is 522. The van der Waals surface area contributed by atoms with Gasteiger partial charge in [-0.15, -0.1) is 11.3 Å². The first-order chi connectivity index (χ1) is 9.13. The van der Waals surface area contributed by atoms with E-state index in [2.05, 4.69) is 20.6 Å². The largest absolute Gasteiger partial charge is 0.335 e. The lowest BCUT2D eigenvalue weighted by Gasteiger charge is -2.14. The molecule has 102 valence electrons. The van der Waals surface area contributed by atoms with Crippen LogP contribution < -0.4 is 10.6 Å². The molecule has 0 saturated carbocycles. The minimum atomic E-state index is -0.180. The fraction of sp³-hybridized carbons (Fsp3) is 0.417. The van der Waals surface area contributed by atoms with Crippen molar-refractivity contribution >= 4 is 17.4 Å². The summed E-state index contributed by atoms with van der Waals surface area (Å²) < 4.78 is 1.93. The van der Waals surface area contributed by atoms with Gasteiger partial charge in [0.05, 0.1) is 12.9 Å². The number of aromatic nitrogens is 3. The van der Waals surface area contributed by atoms with Gasteiger partial charge in [0.25, 0.3) is 0 Å². The summed E-state index contributed by atoms with van der Waals surface area (Å²) in [5.74, 6) is 0. The van der Waals surface area contributed by atoms with E-state index < -0.39 is 0 Å². The van der Waals surface area contributed by atoms with Gasteiger partial charge in [0.1, 0.15) is 5.01 Å². The minimum Gasteiger partial charge on any atom is -0.335 e. The van der Waals surface area contributed by atoms with Gasteiger partial charge in [0, 0.05) is 36.1 Å². The van der Waals surface area contributed by atoms with Crippen LogP contribution in [0.15, 0.2) is 24.1 Å². The van der Waals surface area contributed by atoms with Crippen LogP contribution in [-0.2, 0) is 13.1 Å². The minimum absolute atomic E-state index is 0.0345. The number of carbonyl (C=O) groups excluding carboxylic acids is 1. The van der Waals surface area contributed by atoms with E-state index in [-0.39, 0.29) is 12.1 Å². The van der Waals surface area contributed by atoms with Gasteiger partial charge in [-0.25, -0.2) is 14.8 Å². The smallest absolute Gasteiger partial charge is 0.315 e. The average Bonchev–Trinajstić information content (AvgIpc) is 2.98. The molecule has 2 N–H and O–H groups in total. The molecule has 0 aliphatic carbocycles. The second kappa shape index (κ2) is 6.33. The molecule has 2 heterocycles. The first-order valence-electron chi connectivity index (χ1n) is 6.04. The van der Waals surface area contributed by atoms with Gasteiger partial charge in [-0.3, -0.25) is 0 Å². The number of carbonyl (C=O) groups is 1. The number of nitrogens with zero attached hydrogens (tertiary/aromatic N) is 3. The lowest BCUT2D eigenvalue weighted by atomic mass is 10.3. The molecule has 0 radical (unpaired) electrons. The average molecular weight is 279 g/mol. The van der Waals surface area contributed by atoms with Crippen molar-refractivity contribution in [2.24, 2.45) is 0 Å². The molecule has 1 atom stereocenters. The SMILES string of the molecule is Cc1csc(CNC(=O)N[C@@H](C)Cn2ccnc2)n1. The van der Waals surface area contributed by atoms with Crippen molar-refractivity contribution in [3.05, 3.63) is 34.8 Å². The third kappa shape index (κ3) is 4.36. The van der Waals surface area contributed by atoms with E-state index in [1.165, 1.54) is 0 Å². The number of rotatable bonds is 5. The van der Waals surface area contributed by atoms with Crippen LogP contribution in [0, 0.1) is 6.92 Å². The summed E-state index contributed by atoms with van der Waals surface area (Å²) >= 11 is 1.55. The normalized spacial score (nSPS) is 12.1. The number of amides is 2. The number of imidazole rings is 1. The Morgan fingerprint density at radius 1 is 1.58 bits per heavy atom. The van der Waals surface area contributed by atoms with Gasteiger partial charge in [-0.05, 0) is 13.8 Å². The molecule has 2 aromatic heterocycles. The maximum Gasteiger partial charge on any atom is 0.315 e. The lowest BCUT2D eigenvalue weighted by Crippen LogP contribution is -2.42. The van der Waals surface area contributed by atoms with E-state index in [1.54, 1.807) is 23.9 Å². The van der Waals surface area contributed by atoms with E-state index >= 15 is 0 Å². The first-order valence-corrected chi connectivity index (χ1v) is 6.92. The molecule has 0 aromatic carbocycles. The summed E-state index contributed by atoms with van der Waals surface area (Å²) in [6, 6.07) is -0.146. The summed E-state index contributed by atoms with van der Waals surface area (Å²) in [5.41, 5.74) is 0.982. The van der Waals surface area contributed by atoms with Gasteiger partial charge >= 0.3 is 6.03 Å². The fourth-order valence-electron chi connectivity index (χ4n) is 1.67. The Hall–Kier alpha value is -1.89. The lowest BCUT2D eigenvalue weighted by molar-refractivity contribution is 0.236. The van der Waals surface area contributed by atoms with Crippen molar-refractivity contribution in [3.63, 3.8) is 0 Å². The van der Waals surface area contributed by atoms with Gasteiger partial charge in [-0.1, -0.05) is 0 Å². The Kier molecular flexibility index (Phi) is 4.51. The fourth-order valence-corrected chi connectivity index (χ4v) is 2.38. The van der Waals surface area contributed by atoms with Crippen LogP contribution in [0.4, 0.5) is 4.79 Å². The van der Waals surface area contributed by atoms with Crippen molar-refractivity contribution in [2.75, 3.05) is 0 Å². The predicted molar refractivity (Wildman–Crippen MR) is 73.9 cm³/mol. The second-order valence-corrected chi connectivity index (χ2v) is 5.31. The number of hydrogen-bond donors (Lipinski definition) is 2.